The summed E-state index contributed by atoms with van der Waals surface area (Å²) in [5, 5.41) is 8.54. The number of para-hydroxylation sites is 2. The summed E-state index contributed by atoms with van der Waals surface area (Å²) in [6.07, 6.45) is 0. The molecule has 1 amide bonds. The van der Waals surface area contributed by atoms with Crippen LogP contribution in [0.4, 0.5) is 5.69 Å². The van der Waals surface area contributed by atoms with Crippen molar-refractivity contribution in [1.82, 2.24) is 10.2 Å². The molecule has 1 aromatic heterocycles. The molecule has 3 aromatic carbocycles. The van der Waals surface area contributed by atoms with Gasteiger partial charge in [0.25, 0.3) is 5.22 Å². The van der Waals surface area contributed by atoms with Crippen molar-refractivity contribution in [3.05, 3.63) is 78.4 Å². The Morgan fingerprint density at radius 2 is 1.74 bits per heavy atom. The maximum atomic E-state index is 13.5. The van der Waals surface area contributed by atoms with E-state index in [0.717, 1.165) is 16.8 Å². The van der Waals surface area contributed by atoms with Crippen molar-refractivity contribution in [3.63, 3.8) is 0 Å². The Morgan fingerprint density at radius 1 is 0.912 bits per heavy atom. The molecule has 2 aliphatic heterocycles. The van der Waals surface area contributed by atoms with Crippen LogP contribution in [0, 0.1) is 0 Å². The lowest BCUT2D eigenvalue weighted by Gasteiger charge is -2.37. The number of thioether (sulfide) groups is 1. The monoisotopic (exact) mass is 473 g/mol. The molecule has 8 nitrogen and oxygen atoms in total. The SMILES string of the molecule is O=C(CSc1nnc(-c2ccc3c(c2)OCO3)o1)N1c2ccccc2OCC1c1ccccc1. The molecule has 170 valence electrons. The van der Waals surface area contributed by atoms with Crippen LogP contribution in [-0.4, -0.2) is 35.3 Å². The van der Waals surface area contributed by atoms with Crippen LogP contribution < -0.4 is 19.1 Å². The number of nitrogens with zero attached hydrogens (tertiary/aromatic N) is 3. The Bertz CT molecular complexity index is 1340. The largest absolute Gasteiger partial charge is 0.489 e. The van der Waals surface area contributed by atoms with Gasteiger partial charge in [0.15, 0.2) is 11.5 Å². The van der Waals surface area contributed by atoms with Gasteiger partial charge in [0.2, 0.25) is 18.6 Å². The normalized spacial score (nSPS) is 16.1. The summed E-state index contributed by atoms with van der Waals surface area (Å²) in [5.74, 6) is 2.43. The zero-order valence-corrected chi connectivity index (χ0v) is 18.7. The van der Waals surface area contributed by atoms with E-state index in [9.17, 15) is 4.79 Å². The fraction of sp³-hybridized carbons (Fsp3) is 0.160. The minimum atomic E-state index is -0.226. The van der Waals surface area contributed by atoms with Gasteiger partial charge < -0.3 is 18.6 Å². The van der Waals surface area contributed by atoms with Crippen molar-refractivity contribution in [2.24, 2.45) is 0 Å². The second-order valence-corrected chi connectivity index (χ2v) is 8.63. The second-order valence-electron chi connectivity index (χ2n) is 7.70. The van der Waals surface area contributed by atoms with Crippen LogP contribution >= 0.6 is 11.8 Å². The third-order valence-electron chi connectivity index (χ3n) is 5.63. The van der Waals surface area contributed by atoms with Gasteiger partial charge in [-0.1, -0.05) is 54.2 Å². The number of hydrogen-bond donors (Lipinski definition) is 0. The van der Waals surface area contributed by atoms with Gasteiger partial charge in [-0.2, -0.15) is 0 Å². The van der Waals surface area contributed by atoms with E-state index in [2.05, 4.69) is 10.2 Å². The molecule has 2 aliphatic rings. The number of rotatable bonds is 5. The number of ether oxygens (including phenoxy) is 3. The number of aromatic nitrogens is 2. The zero-order chi connectivity index (χ0) is 22.9. The molecule has 1 unspecified atom stereocenters. The predicted octanol–water partition coefficient (Wildman–Crippen LogP) is 4.72. The fourth-order valence-electron chi connectivity index (χ4n) is 4.03. The first-order chi connectivity index (χ1) is 16.8. The van der Waals surface area contributed by atoms with E-state index in [-0.39, 0.29) is 24.5 Å². The molecule has 0 saturated heterocycles. The van der Waals surface area contributed by atoms with Crippen LogP contribution in [0.5, 0.6) is 17.2 Å². The summed E-state index contributed by atoms with van der Waals surface area (Å²) in [4.78, 5) is 15.3. The van der Waals surface area contributed by atoms with Gasteiger partial charge in [-0.25, -0.2) is 0 Å². The predicted molar refractivity (Wildman–Crippen MR) is 125 cm³/mol. The van der Waals surface area contributed by atoms with E-state index in [1.54, 1.807) is 17.0 Å². The van der Waals surface area contributed by atoms with E-state index in [4.69, 9.17) is 18.6 Å². The Balaban J connectivity index is 1.21. The highest BCUT2D eigenvalue weighted by molar-refractivity contribution is 7.99. The highest BCUT2D eigenvalue weighted by Crippen LogP contribution is 2.40. The van der Waals surface area contributed by atoms with Crippen molar-refractivity contribution in [1.29, 1.82) is 0 Å². The molecule has 6 rings (SSSR count). The van der Waals surface area contributed by atoms with Gasteiger partial charge in [0.05, 0.1) is 17.5 Å². The molecule has 3 heterocycles. The lowest BCUT2D eigenvalue weighted by atomic mass is 10.0. The smallest absolute Gasteiger partial charge is 0.277 e. The van der Waals surface area contributed by atoms with Crippen LogP contribution in [0.1, 0.15) is 11.6 Å². The maximum Gasteiger partial charge on any atom is 0.277 e. The number of benzene rings is 3. The summed E-state index contributed by atoms with van der Waals surface area (Å²) in [6, 6.07) is 22.7. The Kier molecular flexibility index (Phi) is 5.31. The quantitative estimate of drug-likeness (QED) is 0.385. The molecule has 9 heteroatoms. The molecule has 34 heavy (non-hydrogen) atoms. The molecule has 0 saturated carbocycles. The Morgan fingerprint density at radius 3 is 2.65 bits per heavy atom. The van der Waals surface area contributed by atoms with Crippen molar-refractivity contribution in [3.8, 4) is 28.7 Å². The first-order valence-electron chi connectivity index (χ1n) is 10.7. The van der Waals surface area contributed by atoms with Crippen LogP contribution in [-0.2, 0) is 4.79 Å². The summed E-state index contributed by atoms with van der Waals surface area (Å²) >= 11 is 1.21. The number of anilines is 1. The molecule has 0 radical (unpaired) electrons. The third kappa shape index (κ3) is 3.84. The molecule has 0 aliphatic carbocycles. The van der Waals surface area contributed by atoms with Gasteiger partial charge in [-0.15, -0.1) is 10.2 Å². The molecule has 0 bridgehead atoms. The fourth-order valence-corrected chi connectivity index (χ4v) is 4.65. The van der Waals surface area contributed by atoms with Crippen LogP contribution in [0.2, 0.25) is 0 Å². The number of fused-ring (bicyclic) bond motifs is 2. The van der Waals surface area contributed by atoms with Gasteiger partial charge in [0.1, 0.15) is 12.4 Å². The van der Waals surface area contributed by atoms with Crippen molar-refractivity contribution in [2.45, 2.75) is 11.3 Å². The maximum absolute atomic E-state index is 13.5. The first kappa shape index (κ1) is 20.6. The van der Waals surface area contributed by atoms with E-state index >= 15 is 0 Å². The lowest BCUT2D eigenvalue weighted by molar-refractivity contribution is -0.117. The van der Waals surface area contributed by atoms with Crippen LogP contribution in [0.3, 0.4) is 0 Å². The molecule has 1 atom stereocenters. The van der Waals surface area contributed by atoms with Crippen LogP contribution in [0.25, 0.3) is 11.5 Å². The van der Waals surface area contributed by atoms with Crippen LogP contribution in [0.15, 0.2) is 82.4 Å². The average molecular weight is 474 g/mol. The minimum Gasteiger partial charge on any atom is -0.489 e. The minimum absolute atomic E-state index is 0.0718. The van der Waals surface area contributed by atoms with E-state index < -0.39 is 0 Å². The lowest BCUT2D eigenvalue weighted by Crippen LogP contribution is -2.42. The second kappa shape index (κ2) is 8.75. The van der Waals surface area contributed by atoms with E-state index in [0.29, 0.717) is 35.0 Å². The highest BCUT2D eigenvalue weighted by Gasteiger charge is 2.33. The Labute approximate surface area is 199 Å². The molecule has 0 fully saturated rings. The summed E-state index contributed by atoms with van der Waals surface area (Å²) in [6.45, 7) is 0.576. The average Bonchev–Trinajstić information content (AvgIpc) is 3.56. The standard InChI is InChI=1S/C25H19N3O5S/c29-23(14-34-25-27-26-24(33-25)17-10-11-21-22(12-17)32-15-31-21)28-18-8-4-5-9-20(18)30-13-19(28)16-6-2-1-3-7-16/h1-12,19H,13-15H2. The Hall–Kier alpha value is -3.98. The molecule has 0 N–H and O–H groups in total. The molecular formula is C25H19N3O5S. The number of amides is 1. The number of carbonyl (C=O) groups excluding carboxylic acids is 1. The zero-order valence-electron chi connectivity index (χ0n) is 17.9. The third-order valence-corrected chi connectivity index (χ3v) is 6.43. The summed E-state index contributed by atoms with van der Waals surface area (Å²) in [7, 11) is 0. The summed E-state index contributed by atoms with van der Waals surface area (Å²) in [5.41, 5.74) is 2.49. The number of carbonyl (C=O) groups is 1. The molecule has 4 aromatic rings. The van der Waals surface area contributed by atoms with E-state index in [1.807, 2.05) is 60.7 Å². The van der Waals surface area contributed by atoms with Crippen molar-refractivity contribution >= 4 is 23.4 Å². The van der Waals surface area contributed by atoms with Crippen molar-refractivity contribution < 1.29 is 23.4 Å². The number of hydrogen-bond acceptors (Lipinski definition) is 8. The summed E-state index contributed by atoms with van der Waals surface area (Å²) < 4.78 is 22.5. The highest BCUT2D eigenvalue weighted by atomic mass is 32.2. The first-order valence-corrected chi connectivity index (χ1v) is 11.7. The molecular weight excluding hydrogens is 454 g/mol. The molecule has 0 spiro atoms. The van der Waals surface area contributed by atoms with Gasteiger partial charge in [-0.05, 0) is 35.9 Å². The van der Waals surface area contributed by atoms with Gasteiger partial charge in [0, 0.05) is 5.56 Å². The van der Waals surface area contributed by atoms with E-state index in [1.165, 1.54) is 11.8 Å². The van der Waals surface area contributed by atoms with Gasteiger partial charge >= 0.3 is 0 Å². The van der Waals surface area contributed by atoms with Crippen molar-refractivity contribution in [2.75, 3.05) is 24.1 Å². The topological polar surface area (TPSA) is 86.9 Å². The van der Waals surface area contributed by atoms with Gasteiger partial charge in [-0.3, -0.25) is 9.69 Å².